The molecule has 16 heavy (non-hydrogen) atoms. The molecule has 0 aliphatic carbocycles. The van der Waals surface area contributed by atoms with Crippen molar-refractivity contribution >= 4 is 0 Å². The molecule has 2 N–H and O–H groups in total. The van der Waals surface area contributed by atoms with Crippen LogP contribution in [0, 0.1) is 11.3 Å². The summed E-state index contributed by atoms with van der Waals surface area (Å²) in [4.78, 5) is 0. The maximum atomic E-state index is 8.41. The van der Waals surface area contributed by atoms with Crippen molar-refractivity contribution in [2.75, 3.05) is 19.7 Å². The standard InChI is InChI=1S/C12H14N2O2/c13-6-3-7-14-8-10-9-15-11-4-1-2-5-12(11)16-10/h1-2,4-5,10,14H,3,7-9H2/p+1/t10-/m0/s1. The van der Waals surface area contributed by atoms with Crippen LogP contribution in [0.3, 0.4) is 0 Å². The molecule has 1 aromatic carbocycles. The second-order valence-electron chi connectivity index (χ2n) is 3.72. The Morgan fingerprint density at radius 1 is 1.38 bits per heavy atom. The van der Waals surface area contributed by atoms with Gasteiger partial charge in [0, 0.05) is 0 Å². The first-order chi connectivity index (χ1) is 7.90. The molecule has 0 unspecified atom stereocenters. The summed E-state index contributed by atoms with van der Waals surface area (Å²) in [5, 5.41) is 10.5. The monoisotopic (exact) mass is 219 g/mol. The fourth-order valence-electron chi connectivity index (χ4n) is 1.65. The molecule has 1 aliphatic rings. The number of nitrogens with zero attached hydrogens (tertiary/aromatic N) is 1. The van der Waals surface area contributed by atoms with Gasteiger partial charge in [0.1, 0.15) is 13.2 Å². The number of rotatable bonds is 4. The molecule has 0 aromatic heterocycles. The van der Waals surface area contributed by atoms with Crippen LogP contribution in [0.4, 0.5) is 0 Å². The summed E-state index contributed by atoms with van der Waals surface area (Å²) < 4.78 is 11.4. The first-order valence-corrected chi connectivity index (χ1v) is 5.47. The number of hydrogen-bond acceptors (Lipinski definition) is 3. The quantitative estimate of drug-likeness (QED) is 0.741. The van der Waals surface area contributed by atoms with E-state index in [4.69, 9.17) is 14.7 Å². The lowest BCUT2D eigenvalue weighted by atomic mass is 10.2. The van der Waals surface area contributed by atoms with Gasteiger partial charge in [0.25, 0.3) is 0 Å². The first-order valence-electron chi connectivity index (χ1n) is 5.47. The molecule has 1 aromatic rings. The average molecular weight is 219 g/mol. The van der Waals surface area contributed by atoms with Gasteiger partial charge in [0.05, 0.1) is 19.0 Å². The molecule has 0 amide bonds. The summed E-state index contributed by atoms with van der Waals surface area (Å²) >= 11 is 0. The van der Waals surface area contributed by atoms with Crippen LogP contribution < -0.4 is 14.8 Å². The zero-order valence-electron chi connectivity index (χ0n) is 9.06. The highest BCUT2D eigenvalue weighted by Gasteiger charge is 2.21. The highest BCUT2D eigenvalue weighted by molar-refractivity contribution is 5.40. The highest BCUT2D eigenvalue weighted by Crippen LogP contribution is 2.30. The Morgan fingerprint density at radius 2 is 2.19 bits per heavy atom. The molecule has 0 spiro atoms. The Balaban J connectivity index is 1.82. The smallest absolute Gasteiger partial charge is 0.181 e. The van der Waals surface area contributed by atoms with Crippen molar-refractivity contribution in [3.63, 3.8) is 0 Å². The van der Waals surface area contributed by atoms with Crippen molar-refractivity contribution < 1.29 is 14.8 Å². The Bertz CT molecular complexity index is 387. The third-order valence-corrected chi connectivity index (χ3v) is 2.46. The number of nitriles is 1. The lowest BCUT2D eigenvalue weighted by Crippen LogP contribution is -2.87. The van der Waals surface area contributed by atoms with Gasteiger partial charge in [-0.3, -0.25) is 0 Å². The molecule has 0 bridgehead atoms. The van der Waals surface area contributed by atoms with E-state index in [1.165, 1.54) is 0 Å². The number of ether oxygens (including phenoxy) is 2. The minimum atomic E-state index is 0.0774. The van der Waals surface area contributed by atoms with Crippen molar-refractivity contribution in [1.82, 2.24) is 0 Å². The predicted molar refractivity (Wildman–Crippen MR) is 58.2 cm³/mol. The number of para-hydroxylation sites is 2. The minimum Gasteiger partial charge on any atom is -0.486 e. The normalized spacial score (nSPS) is 17.8. The lowest BCUT2D eigenvalue weighted by Gasteiger charge is -2.25. The van der Waals surface area contributed by atoms with E-state index in [-0.39, 0.29) is 6.10 Å². The van der Waals surface area contributed by atoms with Gasteiger partial charge < -0.3 is 14.8 Å². The fourth-order valence-corrected chi connectivity index (χ4v) is 1.65. The molecule has 1 atom stereocenters. The second-order valence-corrected chi connectivity index (χ2v) is 3.72. The zero-order chi connectivity index (χ0) is 11.2. The Hall–Kier alpha value is -1.73. The lowest BCUT2D eigenvalue weighted by molar-refractivity contribution is -0.659. The largest absolute Gasteiger partial charge is 0.486 e. The van der Waals surface area contributed by atoms with E-state index < -0.39 is 0 Å². The van der Waals surface area contributed by atoms with Gasteiger partial charge in [-0.2, -0.15) is 5.26 Å². The molecule has 2 rings (SSSR count). The van der Waals surface area contributed by atoms with Crippen LogP contribution in [0.5, 0.6) is 11.5 Å². The van der Waals surface area contributed by atoms with Crippen LogP contribution in [0.1, 0.15) is 6.42 Å². The van der Waals surface area contributed by atoms with E-state index in [1.807, 2.05) is 24.3 Å². The van der Waals surface area contributed by atoms with E-state index in [0.717, 1.165) is 24.6 Å². The van der Waals surface area contributed by atoms with E-state index in [1.54, 1.807) is 0 Å². The van der Waals surface area contributed by atoms with Crippen LogP contribution >= 0.6 is 0 Å². The maximum Gasteiger partial charge on any atom is 0.181 e. The molecular formula is C12H15N2O2+. The molecule has 0 saturated carbocycles. The van der Waals surface area contributed by atoms with Gasteiger partial charge in [-0.25, -0.2) is 0 Å². The highest BCUT2D eigenvalue weighted by atomic mass is 16.6. The average Bonchev–Trinajstić information content (AvgIpc) is 2.34. The number of hydrogen-bond donors (Lipinski definition) is 1. The third kappa shape index (κ3) is 2.65. The summed E-state index contributed by atoms with van der Waals surface area (Å²) in [6.07, 6.45) is 0.651. The second kappa shape index (κ2) is 5.38. The third-order valence-electron chi connectivity index (χ3n) is 2.46. The van der Waals surface area contributed by atoms with Crippen LogP contribution in [0.25, 0.3) is 0 Å². The Kier molecular flexibility index (Phi) is 3.62. The minimum absolute atomic E-state index is 0.0774. The molecule has 4 heteroatoms. The van der Waals surface area contributed by atoms with Crippen LogP contribution in [0.15, 0.2) is 24.3 Å². The van der Waals surface area contributed by atoms with E-state index in [2.05, 4.69) is 11.4 Å². The van der Waals surface area contributed by atoms with Crippen molar-refractivity contribution in [2.24, 2.45) is 0 Å². The number of benzene rings is 1. The maximum absolute atomic E-state index is 8.41. The number of nitrogens with two attached hydrogens (primary N) is 1. The van der Waals surface area contributed by atoms with Gasteiger partial charge in [-0.05, 0) is 12.1 Å². The van der Waals surface area contributed by atoms with Gasteiger partial charge in [0.2, 0.25) is 0 Å². The van der Waals surface area contributed by atoms with E-state index in [0.29, 0.717) is 13.0 Å². The SMILES string of the molecule is N#CCC[NH2+]C[C@H]1COc2ccccc2O1. The van der Waals surface area contributed by atoms with Crippen LogP contribution in [0.2, 0.25) is 0 Å². The molecule has 1 aliphatic heterocycles. The number of quaternary nitrogens is 1. The van der Waals surface area contributed by atoms with Gasteiger partial charge in [-0.15, -0.1) is 0 Å². The molecule has 1 heterocycles. The fraction of sp³-hybridized carbons (Fsp3) is 0.417. The topological polar surface area (TPSA) is 58.9 Å². The van der Waals surface area contributed by atoms with Crippen molar-refractivity contribution in [2.45, 2.75) is 12.5 Å². The van der Waals surface area contributed by atoms with Crippen molar-refractivity contribution in [3.8, 4) is 17.6 Å². The van der Waals surface area contributed by atoms with E-state index >= 15 is 0 Å². The summed E-state index contributed by atoms with van der Waals surface area (Å²) in [6.45, 7) is 2.23. The van der Waals surface area contributed by atoms with Crippen LogP contribution in [-0.4, -0.2) is 25.8 Å². The molecule has 0 saturated heterocycles. The van der Waals surface area contributed by atoms with Crippen molar-refractivity contribution in [1.29, 1.82) is 5.26 Å². The molecular weight excluding hydrogens is 204 g/mol. The van der Waals surface area contributed by atoms with Crippen molar-refractivity contribution in [3.05, 3.63) is 24.3 Å². The Morgan fingerprint density at radius 3 is 3.00 bits per heavy atom. The summed E-state index contributed by atoms with van der Waals surface area (Å²) in [6, 6.07) is 9.81. The first kappa shape index (κ1) is 10.8. The summed E-state index contributed by atoms with van der Waals surface area (Å²) in [5.41, 5.74) is 0. The van der Waals surface area contributed by atoms with Gasteiger partial charge >= 0.3 is 0 Å². The zero-order valence-corrected chi connectivity index (χ0v) is 9.06. The Labute approximate surface area is 94.8 Å². The number of fused-ring (bicyclic) bond motifs is 1. The predicted octanol–water partition coefficient (Wildman–Crippen LogP) is 0.303. The van der Waals surface area contributed by atoms with E-state index in [9.17, 15) is 0 Å². The molecule has 84 valence electrons. The summed E-state index contributed by atoms with van der Waals surface area (Å²) in [7, 11) is 0. The van der Waals surface area contributed by atoms with Gasteiger partial charge in [-0.1, -0.05) is 12.1 Å². The molecule has 0 fully saturated rings. The van der Waals surface area contributed by atoms with Gasteiger partial charge in [0.15, 0.2) is 17.6 Å². The summed E-state index contributed by atoms with van der Waals surface area (Å²) in [5.74, 6) is 1.63. The molecule has 4 nitrogen and oxygen atoms in total. The van der Waals surface area contributed by atoms with Crippen LogP contribution in [-0.2, 0) is 0 Å². The molecule has 0 radical (unpaired) electrons.